The van der Waals surface area contributed by atoms with Crippen molar-refractivity contribution in [2.75, 3.05) is 11.9 Å². The Morgan fingerprint density at radius 1 is 1.21 bits per heavy atom. The number of anilines is 1. The predicted molar refractivity (Wildman–Crippen MR) is 110 cm³/mol. The molecular formula is C22H26N4O3. The van der Waals surface area contributed by atoms with Crippen LogP contribution in [-0.2, 0) is 6.54 Å². The summed E-state index contributed by atoms with van der Waals surface area (Å²) in [6.07, 6.45) is 2.94. The van der Waals surface area contributed by atoms with Crippen LogP contribution in [0.5, 0.6) is 0 Å². The zero-order valence-electron chi connectivity index (χ0n) is 17.0. The molecule has 0 radical (unpaired) electrons. The number of hydrogen-bond donors (Lipinski definition) is 3. The minimum Gasteiger partial charge on any atom is -0.352 e. The number of rotatable bonds is 6. The molecule has 0 unspecified atom stereocenters. The first-order valence-corrected chi connectivity index (χ1v) is 10.1. The summed E-state index contributed by atoms with van der Waals surface area (Å²) in [5.74, 6) is -0.459. The van der Waals surface area contributed by atoms with Crippen molar-refractivity contribution in [3.05, 3.63) is 51.8 Å². The molecule has 1 fully saturated rings. The monoisotopic (exact) mass is 394 g/mol. The largest absolute Gasteiger partial charge is 0.352 e. The molecule has 3 amide bonds. The summed E-state index contributed by atoms with van der Waals surface area (Å²) in [6, 6.07) is 5.56. The van der Waals surface area contributed by atoms with E-state index in [0.29, 0.717) is 41.2 Å². The lowest BCUT2D eigenvalue weighted by Gasteiger charge is -2.15. The Balaban J connectivity index is 1.53. The lowest BCUT2D eigenvalue weighted by molar-refractivity contribution is 0.0776. The molecule has 1 aromatic carbocycles. The number of aryl methyl sites for hydroxylation is 1. The van der Waals surface area contributed by atoms with Crippen LogP contribution in [0.15, 0.2) is 18.2 Å². The number of carbonyl (C=O) groups is 3. The average molecular weight is 394 g/mol. The lowest BCUT2D eigenvalue weighted by atomic mass is 10.1. The first-order chi connectivity index (χ1) is 13.9. The van der Waals surface area contributed by atoms with Gasteiger partial charge in [0.15, 0.2) is 0 Å². The number of amides is 3. The van der Waals surface area contributed by atoms with Gasteiger partial charge in [-0.1, -0.05) is 13.0 Å². The van der Waals surface area contributed by atoms with Gasteiger partial charge in [-0.15, -0.1) is 0 Å². The standard InChI is InChI=1S/C22H26N4O3/c1-4-9-26-11-17-18(22(26)29)13(3)19(24-17)21(28)25-16-10-14(6-5-12(16)2)20(27)23-15-7-8-15/h5-6,10,15,24H,4,7-9,11H2,1-3H3,(H,23,27)(H,25,28). The van der Waals surface area contributed by atoms with Gasteiger partial charge in [-0.05, 0) is 56.4 Å². The molecule has 2 heterocycles. The Labute approximate surface area is 169 Å². The van der Waals surface area contributed by atoms with Crippen LogP contribution >= 0.6 is 0 Å². The average Bonchev–Trinajstić information content (AvgIpc) is 3.36. The molecule has 4 rings (SSSR count). The Morgan fingerprint density at radius 2 is 1.97 bits per heavy atom. The van der Waals surface area contributed by atoms with E-state index in [2.05, 4.69) is 15.6 Å². The Hall–Kier alpha value is -3.09. The second-order valence-electron chi connectivity index (χ2n) is 7.94. The number of nitrogens with one attached hydrogen (secondary N) is 3. The van der Waals surface area contributed by atoms with Crippen molar-refractivity contribution < 1.29 is 14.4 Å². The minimum absolute atomic E-state index is 0.0235. The molecular weight excluding hydrogens is 368 g/mol. The fourth-order valence-corrected chi connectivity index (χ4v) is 3.74. The van der Waals surface area contributed by atoms with Crippen molar-refractivity contribution >= 4 is 23.4 Å². The van der Waals surface area contributed by atoms with Gasteiger partial charge in [0, 0.05) is 29.5 Å². The van der Waals surface area contributed by atoms with Gasteiger partial charge in [0.2, 0.25) is 0 Å². The van der Waals surface area contributed by atoms with E-state index in [1.54, 1.807) is 24.0 Å². The number of carbonyl (C=O) groups excluding carboxylic acids is 3. The molecule has 0 spiro atoms. The molecule has 29 heavy (non-hydrogen) atoms. The van der Waals surface area contributed by atoms with Crippen LogP contribution in [0.25, 0.3) is 0 Å². The first kappa shape index (κ1) is 19.2. The van der Waals surface area contributed by atoms with Crippen molar-refractivity contribution in [1.29, 1.82) is 0 Å². The predicted octanol–water partition coefficient (Wildman–Crippen LogP) is 3.14. The quantitative estimate of drug-likeness (QED) is 0.702. The summed E-state index contributed by atoms with van der Waals surface area (Å²) < 4.78 is 0. The van der Waals surface area contributed by atoms with Crippen LogP contribution in [0.3, 0.4) is 0 Å². The molecule has 1 saturated carbocycles. The number of aromatic amines is 1. The Bertz CT molecular complexity index is 1000. The summed E-state index contributed by atoms with van der Waals surface area (Å²) in [6.45, 7) is 6.92. The second-order valence-corrected chi connectivity index (χ2v) is 7.94. The van der Waals surface area contributed by atoms with Crippen molar-refractivity contribution in [2.24, 2.45) is 0 Å². The van der Waals surface area contributed by atoms with Crippen LogP contribution in [0.4, 0.5) is 5.69 Å². The maximum absolute atomic E-state index is 12.9. The number of aromatic nitrogens is 1. The number of hydrogen-bond acceptors (Lipinski definition) is 3. The van der Waals surface area contributed by atoms with Gasteiger partial charge in [0.05, 0.1) is 12.1 Å². The van der Waals surface area contributed by atoms with Crippen molar-refractivity contribution in [3.63, 3.8) is 0 Å². The summed E-state index contributed by atoms with van der Waals surface area (Å²) in [7, 11) is 0. The molecule has 7 nitrogen and oxygen atoms in total. The molecule has 1 aromatic heterocycles. The van der Waals surface area contributed by atoms with E-state index in [4.69, 9.17) is 0 Å². The van der Waals surface area contributed by atoms with Crippen molar-refractivity contribution in [3.8, 4) is 0 Å². The van der Waals surface area contributed by atoms with Crippen LogP contribution in [-0.4, -0.2) is 40.2 Å². The van der Waals surface area contributed by atoms with E-state index in [0.717, 1.165) is 30.5 Å². The second kappa shape index (κ2) is 7.39. The summed E-state index contributed by atoms with van der Waals surface area (Å²) in [5, 5.41) is 5.85. The molecule has 0 saturated heterocycles. The molecule has 2 aliphatic rings. The highest BCUT2D eigenvalue weighted by Crippen LogP contribution is 2.29. The van der Waals surface area contributed by atoms with Gasteiger partial charge in [-0.25, -0.2) is 0 Å². The molecule has 3 N–H and O–H groups in total. The third kappa shape index (κ3) is 3.64. The van der Waals surface area contributed by atoms with Crippen molar-refractivity contribution in [1.82, 2.24) is 15.2 Å². The maximum Gasteiger partial charge on any atom is 0.272 e. The molecule has 1 aliphatic carbocycles. The van der Waals surface area contributed by atoms with E-state index in [1.807, 2.05) is 19.9 Å². The Morgan fingerprint density at radius 3 is 2.62 bits per heavy atom. The lowest BCUT2D eigenvalue weighted by Crippen LogP contribution is -2.26. The number of nitrogens with zero attached hydrogens (tertiary/aromatic N) is 1. The van der Waals surface area contributed by atoms with E-state index < -0.39 is 0 Å². The van der Waals surface area contributed by atoms with Crippen LogP contribution in [0.1, 0.15) is 74.2 Å². The SMILES string of the molecule is CCCN1Cc2[nH]c(C(=O)Nc3cc(C(=O)NC4CC4)ccc3C)c(C)c2C1=O. The highest BCUT2D eigenvalue weighted by atomic mass is 16.2. The highest BCUT2D eigenvalue weighted by molar-refractivity contribution is 6.09. The third-order valence-corrected chi connectivity index (χ3v) is 5.56. The highest BCUT2D eigenvalue weighted by Gasteiger charge is 2.33. The summed E-state index contributed by atoms with van der Waals surface area (Å²) in [5.41, 5.74) is 4.44. The van der Waals surface area contributed by atoms with Gasteiger partial charge in [0.25, 0.3) is 17.7 Å². The van der Waals surface area contributed by atoms with Crippen molar-refractivity contribution in [2.45, 2.75) is 52.6 Å². The van der Waals surface area contributed by atoms with E-state index in [1.165, 1.54) is 0 Å². The van der Waals surface area contributed by atoms with E-state index in [9.17, 15) is 14.4 Å². The fourth-order valence-electron chi connectivity index (χ4n) is 3.74. The minimum atomic E-state index is -0.311. The number of benzene rings is 1. The molecule has 0 bridgehead atoms. The maximum atomic E-state index is 12.9. The molecule has 2 aromatic rings. The molecule has 152 valence electrons. The summed E-state index contributed by atoms with van der Waals surface area (Å²) in [4.78, 5) is 42.7. The zero-order chi connectivity index (χ0) is 20.7. The smallest absolute Gasteiger partial charge is 0.272 e. The number of fused-ring (bicyclic) bond motifs is 1. The van der Waals surface area contributed by atoms with Gasteiger partial charge in [-0.3, -0.25) is 14.4 Å². The van der Waals surface area contributed by atoms with Gasteiger partial charge in [0.1, 0.15) is 5.69 Å². The normalized spacial score (nSPS) is 15.4. The van der Waals surface area contributed by atoms with Gasteiger partial charge in [-0.2, -0.15) is 0 Å². The fraction of sp³-hybridized carbons (Fsp3) is 0.409. The van der Waals surface area contributed by atoms with Gasteiger partial charge >= 0.3 is 0 Å². The summed E-state index contributed by atoms with van der Waals surface area (Å²) >= 11 is 0. The van der Waals surface area contributed by atoms with E-state index in [-0.39, 0.29) is 23.8 Å². The zero-order valence-corrected chi connectivity index (χ0v) is 17.0. The first-order valence-electron chi connectivity index (χ1n) is 10.1. The molecule has 1 aliphatic heterocycles. The molecule has 0 atom stereocenters. The Kier molecular flexibility index (Phi) is 4.90. The number of H-pyrrole nitrogens is 1. The van der Waals surface area contributed by atoms with Crippen LogP contribution < -0.4 is 10.6 Å². The van der Waals surface area contributed by atoms with Crippen LogP contribution in [0.2, 0.25) is 0 Å². The third-order valence-electron chi connectivity index (χ3n) is 5.56. The van der Waals surface area contributed by atoms with Crippen LogP contribution in [0, 0.1) is 13.8 Å². The topological polar surface area (TPSA) is 94.3 Å². The van der Waals surface area contributed by atoms with Gasteiger partial charge < -0.3 is 20.5 Å². The van der Waals surface area contributed by atoms with E-state index >= 15 is 0 Å². The molecule has 7 heteroatoms.